The van der Waals surface area contributed by atoms with Gasteiger partial charge in [-0.3, -0.25) is 9.78 Å². The molecule has 7 heteroatoms. The van der Waals surface area contributed by atoms with Gasteiger partial charge in [0.25, 0.3) is 5.91 Å². The Morgan fingerprint density at radius 2 is 1.96 bits per heavy atom. The first-order chi connectivity index (χ1) is 12.7. The second kappa shape index (κ2) is 8.42. The number of aliphatic imine (C=N–C) groups is 1. The number of amides is 1. The summed E-state index contributed by atoms with van der Waals surface area (Å²) >= 11 is 0. The summed E-state index contributed by atoms with van der Waals surface area (Å²) in [5.74, 6) is 1.26. The molecule has 1 aliphatic heterocycles. The van der Waals surface area contributed by atoms with Crippen LogP contribution in [0.15, 0.2) is 41.7 Å². The number of amidine groups is 1. The van der Waals surface area contributed by atoms with Crippen molar-refractivity contribution in [2.75, 3.05) is 30.4 Å². The quantitative estimate of drug-likeness (QED) is 0.648. The van der Waals surface area contributed by atoms with E-state index in [1.807, 2.05) is 12.1 Å². The van der Waals surface area contributed by atoms with Gasteiger partial charge in [-0.15, -0.1) is 0 Å². The van der Waals surface area contributed by atoms with E-state index in [0.717, 1.165) is 18.9 Å². The number of carbonyl (C=O) groups excluding carboxylic acids is 1. The van der Waals surface area contributed by atoms with Crippen molar-refractivity contribution in [3.63, 3.8) is 0 Å². The SMILES string of the molecule is CNc1nc(N2CCCCCC2)ccc1C(N)=NC(=O)c1cccnc1. The van der Waals surface area contributed by atoms with E-state index < -0.39 is 5.91 Å². The van der Waals surface area contributed by atoms with Crippen molar-refractivity contribution in [3.8, 4) is 0 Å². The van der Waals surface area contributed by atoms with Crippen LogP contribution in [0, 0.1) is 0 Å². The maximum Gasteiger partial charge on any atom is 0.280 e. The minimum absolute atomic E-state index is 0.137. The van der Waals surface area contributed by atoms with Crippen LogP contribution in [0.4, 0.5) is 11.6 Å². The van der Waals surface area contributed by atoms with Gasteiger partial charge in [-0.2, -0.15) is 4.99 Å². The zero-order valence-electron chi connectivity index (χ0n) is 15.0. The zero-order chi connectivity index (χ0) is 18.4. The van der Waals surface area contributed by atoms with Crippen molar-refractivity contribution in [1.29, 1.82) is 0 Å². The lowest BCUT2D eigenvalue weighted by Gasteiger charge is -2.22. The van der Waals surface area contributed by atoms with Crippen molar-refractivity contribution < 1.29 is 4.79 Å². The van der Waals surface area contributed by atoms with Crippen LogP contribution in [-0.2, 0) is 0 Å². The van der Waals surface area contributed by atoms with Crippen LogP contribution in [0.2, 0.25) is 0 Å². The molecule has 1 fully saturated rings. The molecule has 26 heavy (non-hydrogen) atoms. The van der Waals surface area contributed by atoms with E-state index in [4.69, 9.17) is 5.73 Å². The molecule has 0 aliphatic carbocycles. The van der Waals surface area contributed by atoms with Crippen molar-refractivity contribution in [3.05, 3.63) is 47.8 Å². The fourth-order valence-electron chi connectivity index (χ4n) is 3.05. The van der Waals surface area contributed by atoms with E-state index in [-0.39, 0.29) is 5.84 Å². The molecule has 3 rings (SSSR count). The molecule has 1 saturated heterocycles. The van der Waals surface area contributed by atoms with Crippen molar-refractivity contribution >= 4 is 23.4 Å². The van der Waals surface area contributed by atoms with Gasteiger partial charge in [0.15, 0.2) is 0 Å². The molecule has 0 unspecified atom stereocenters. The molecule has 0 bridgehead atoms. The molecule has 0 atom stereocenters. The lowest BCUT2D eigenvalue weighted by atomic mass is 10.2. The fraction of sp³-hybridized carbons (Fsp3) is 0.368. The summed E-state index contributed by atoms with van der Waals surface area (Å²) in [5, 5.41) is 3.06. The van der Waals surface area contributed by atoms with E-state index >= 15 is 0 Å². The number of aromatic nitrogens is 2. The van der Waals surface area contributed by atoms with Gasteiger partial charge in [-0.1, -0.05) is 12.8 Å². The number of pyridine rings is 2. The van der Waals surface area contributed by atoms with Crippen molar-refractivity contribution in [1.82, 2.24) is 9.97 Å². The first-order valence-electron chi connectivity index (χ1n) is 8.91. The molecule has 3 N–H and O–H groups in total. The van der Waals surface area contributed by atoms with Crippen LogP contribution in [-0.4, -0.2) is 41.8 Å². The van der Waals surface area contributed by atoms with Gasteiger partial charge >= 0.3 is 0 Å². The summed E-state index contributed by atoms with van der Waals surface area (Å²) in [6.45, 7) is 2.02. The summed E-state index contributed by atoms with van der Waals surface area (Å²) in [5.41, 5.74) is 7.09. The van der Waals surface area contributed by atoms with Crippen LogP contribution >= 0.6 is 0 Å². The number of nitrogens with two attached hydrogens (primary N) is 1. The summed E-state index contributed by atoms with van der Waals surface area (Å²) in [4.78, 5) is 27.1. The van der Waals surface area contributed by atoms with E-state index in [9.17, 15) is 4.79 Å². The molecule has 2 aromatic rings. The molecule has 1 aliphatic rings. The Morgan fingerprint density at radius 1 is 1.19 bits per heavy atom. The number of nitrogens with one attached hydrogen (secondary N) is 1. The Morgan fingerprint density at radius 3 is 2.62 bits per heavy atom. The van der Waals surface area contributed by atoms with Crippen LogP contribution in [0.5, 0.6) is 0 Å². The highest BCUT2D eigenvalue weighted by molar-refractivity contribution is 6.10. The molecule has 2 aromatic heterocycles. The maximum absolute atomic E-state index is 12.2. The van der Waals surface area contributed by atoms with E-state index in [1.165, 1.54) is 31.9 Å². The Balaban J connectivity index is 1.85. The Labute approximate surface area is 153 Å². The van der Waals surface area contributed by atoms with Gasteiger partial charge in [-0.25, -0.2) is 4.98 Å². The standard InChI is InChI=1S/C19H24N6O/c1-21-18-15(17(20)24-19(26)14-7-6-10-22-13-14)8-9-16(23-18)25-11-4-2-3-5-12-25/h6-10,13H,2-5,11-12H2,1H3,(H,21,23)(H2,20,24,26). The molecule has 0 saturated carbocycles. The normalized spacial score (nSPS) is 15.4. The number of anilines is 2. The van der Waals surface area contributed by atoms with Crippen LogP contribution in [0.1, 0.15) is 41.6 Å². The van der Waals surface area contributed by atoms with Gasteiger partial charge in [0.2, 0.25) is 0 Å². The number of nitrogens with zero attached hydrogens (tertiary/aromatic N) is 4. The summed E-state index contributed by atoms with van der Waals surface area (Å²) < 4.78 is 0. The van der Waals surface area contributed by atoms with Crippen LogP contribution in [0.3, 0.4) is 0 Å². The highest BCUT2D eigenvalue weighted by atomic mass is 16.1. The number of hydrogen-bond acceptors (Lipinski definition) is 5. The summed E-state index contributed by atoms with van der Waals surface area (Å²) in [7, 11) is 1.79. The predicted molar refractivity (Wildman–Crippen MR) is 104 cm³/mol. The predicted octanol–water partition coefficient (Wildman–Crippen LogP) is 2.44. The number of carbonyl (C=O) groups is 1. The lowest BCUT2D eigenvalue weighted by Crippen LogP contribution is -2.26. The first kappa shape index (κ1) is 17.8. The van der Waals surface area contributed by atoms with Gasteiger partial charge in [0.05, 0.1) is 11.1 Å². The van der Waals surface area contributed by atoms with Crippen molar-refractivity contribution in [2.24, 2.45) is 10.7 Å². The fourth-order valence-corrected chi connectivity index (χ4v) is 3.05. The van der Waals surface area contributed by atoms with Gasteiger partial charge in [0.1, 0.15) is 17.5 Å². The number of rotatable bonds is 4. The van der Waals surface area contributed by atoms with E-state index in [2.05, 4.69) is 25.2 Å². The van der Waals surface area contributed by atoms with Gasteiger partial charge in [-0.05, 0) is 37.1 Å². The Bertz CT molecular complexity index is 782. The van der Waals surface area contributed by atoms with E-state index in [1.54, 1.807) is 25.4 Å². The average molecular weight is 352 g/mol. The maximum atomic E-state index is 12.2. The third-order valence-corrected chi connectivity index (χ3v) is 4.45. The topological polar surface area (TPSA) is 96.5 Å². The highest BCUT2D eigenvalue weighted by Crippen LogP contribution is 2.22. The Kier molecular flexibility index (Phi) is 5.78. The molecule has 0 radical (unpaired) electrons. The third-order valence-electron chi connectivity index (χ3n) is 4.45. The summed E-state index contributed by atoms with van der Waals surface area (Å²) in [6.07, 6.45) is 7.98. The molecule has 7 nitrogen and oxygen atoms in total. The average Bonchev–Trinajstić information content (AvgIpc) is 2.97. The van der Waals surface area contributed by atoms with Gasteiger partial charge in [0, 0.05) is 32.5 Å². The van der Waals surface area contributed by atoms with E-state index in [0.29, 0.717) is 16.9 Å². The second-order valence-electron chi connectivity index (χ2n) is 6.26. The highest BCUT2D eigenvalue weighted by Gasteiger charge is 2.15. The summed E-state index contributed by atoms with van der Waals surface area (Å²) in [6, 6.07) is 7.16. The molecular formula is C19H24N6O. The lowest BCUT2D eigenvalue weighted by molar-refractivity contribution is 0.100. The van der Waals surface area contributed by atoms with Crippen LogP contribution in [0.25, 0.3) is 0 Å². The minimum Gasteiger partial charge on any atom is -0.383 e. The zero-order valence-corrected chi connectivity index (χ0v) is 15.0. The third kappa shape index (κ3) is 4.17. The second-order valence-corrected chi connectivity index (χ2v) is 6.26. The van der Waals surface area contributed by atoms with Gasteiger partial charge < -0.3 is 16.0 Å². The number of hydrogen-bond donors (Lipinski definition) is 2. The largest absolute Gasteiger partial charge is 0.383 e. The molecule has 0 spiro atoms. The molecule has 136 valence electrons. The monoisotopic (exact) mass is 352 g/mol. The minimum atomic E-state index is -0.422. The molecule has 1 amide bonds. The first-order valence-corrected chi connectivity index (χ1v) is 8.91. The molecular weight excluding hydrogens is 328 g/mol. The Hall–Kier alpha value is -2.96. The van der Waals surface area contributed by atoms with Crippen molar-refractivity contribution in [2.45, 2.75) is 25.7 Å². The molecule has 3 heterocycles. The van der Waals surface area contributed by atoms with Crippen LogP contribution < -0.4 is 16.0 Å². The smallest absolute Gasteiger partial charge is 0.280 e. The molecule has 0 aromatic carbocycles.